The van der Waals surface area contributed by atoms with Crippen LogP contribution in [-0.2, 0) is 27.9 Å². The number of hydrogen-bond acceptors (Lipinski definition) is 7. The van der Waals surface area contributed by atoms with Gasteiger partial charge in [0.2, 0.25) is 5.91 Å². The van der Waals surface area contributed by atoms with Crippen LogP contribution in [0.1, 0.15) is 104 Å². The van der Waals surface area contributed by atoms with E-state index in [0.717, 1.165) is 19.3 Å². The maximum Gasteiger partial charge on any atom is 0.472 e. The minimum Gasteiger partial charge on any atom is -0.463 e. The van der Waals surface area contributed by atoms with Gasteiger partial charge in [-0.2, -0.15) is 0 Å². The fourth-order valence-electron chi connectivity index (χ4n) is 3.22. The van der Waals surface area contributed by atoms with E-state index in [2.05, 4.69) is 21.5 Å². The highest BCUT2D eigenvalue weighted by Gasteiger charge is 2.23. The van der Waals surface area contributed by atoms with E-state index in [4.69, 9.17) is 4.52 Å². The first-order valence-electron chi connectivity index (χ1n) is 12.5. The third-order valence-corrected chi connectivity index (χ3v) is 6.08. The van der Waals surface area contributed by atoms with Gasteiger partial charge in [0.1, 0.15) is 12.7 Å². The molecule has 2 atom stereocenters. The summed E-state index contributed by atoms with van der Waals surface area (Å²) < 4.78 is 25.6. The topological polar surface area (TPSA) is 131 Å². The monoisotopic (exact) mass is 495 g/mol. The zero-order valence-electron chi connectivity index (χ0n) is 20.6. The summed E-state index contributed by atoms with van der Waals surface area (Å²) in [6, 6.07) is 0. The van der Waals surface area contributed by atoms with Crippen molar-refractivity contribution in [2.75, 3.05) is 26.4 Å². The third kappa shape index (κ3) is 24.0. The number of esters is 1. The van der Waals surface area contributed by atoms with E-state index in [0.29, 0.717) is 6.42 Å². The second-order valence-electron chi connectivity index (χ2n) is 8.40. The summed E-state index contributed by atoms with van der Waals surface area (Å²) in [6.07, 6.45) is 15.4. The lowest BCUT2D eigenvalue weighted by atomic mass is 10.0. The molecule has 3 N–H and O–H groups in total. The molecular weight excluding hydrogens is 449 g/mol. The van der Waals surface area contributed by atoms with E-state index >= 15 is 0 Å². The average molecular weight is 496 g/mol. The molecule has 0 bridgehead atoms. The quantitative estimate of drug-likeness (QED) is 0.106. The molecule has 0 radical (unpaired) electrons. The maximum absolute atomic E-state index is 11.8. The highest BCUT2D eigenvalue weighted by Crippen LogP contribution is 2.42. The van der Waals surface area contributed by atoms with Gasteiger partial charge in [0, 0.05) is 19.9 Å². The number of unbranched alkanes of at least 4 members (excludes halogenated alkanes) is 12. The number of nitrogens with one attached hydrogen (secondary N) is 1. The van der Waals surface area contributed by atoms with Gasteiger partial charge in [-0.3, -0.25) is 18.6 Å². The first-order chi connectivity index (χ1) is 15.8. The summed E-state index contributed by atoms with van der Waals surface area (Å²) in [5.41, 5.74) is 0. The van der Waals surface area contributed by atoms with E-state index in [-0.39, 0.29) is 25.7 Å². The minimum absolute atomic E-state index is 0.0845. The van der Waals surface area contributed by atoms with Crippen LogP contribution in [0.25, 0.3) is 0 Å². The molecule has 0 aliphatic rings. The maximum atomic E-state index is 11.8. The molecule has 0 heterocycles. The van der Waals surface area contributed by atoms with Gasteiger partial charge in [-0.25, -0.2) is 4.57 Å². The molecule has 0 fully saturated rings. The van der Waals surface area contributed by atoms with Crippen LogP contribution in [0.5, 0.6) is 0 Å². The molecule has 1 amide bonds. The summed E-state index contributed by atoms with van der Waals surface area (Å²) in [6.45, 7) is 2.45. The molecule has 0 aliphatic carbocycles. The van der Waals surface area contributed by atoms with E-state index in [1.807, 2.05) is 0 Å². The van der Waals surface area contributed by atoms with Gasteiger partial charge in [-0.15, -0.1) is 0 Å². The van der Waals surface area contributed by atoms with Crippen LogP contribution >= 0.6 is 7.82 Å². The van der Waals surface area contributed by atoms with Crippen LogP contribution in [0.3, 0.4) is 0 Å². The van der Waals surface area contributed by atoms with Crippen molar-refractivity contribution in [1.82, 2.24) is 5.32 Å². The number of carbonyl (C=O) groups is 2. The summed E-state index contributed by atoms with van der Waals surface area (Å²) in [5.74, 6) is -0.695. The predicted octanol–water partition coefficient (Wildman–Crippen LogP) is 4.64. The number of phosphoric acid groups is 1. The van der Waals surface area contributed by atoms with Gasteiger partial charge in [0.15, 0.2) is 0 Å². The fourth-order valence-corrected chi connectivity index (χ4v) is 3.98. The Morgan fingerprint density at radius 2 is 1.36 bits per heavy atom. The molecular formula is C23H46NO8P. The second-order valence-corrected chi connectivity index (χ2v) is 9.85. The minimum atomic E-state index is -4.36. The van der Waals surface area contributed by atoms with Crippen LogP contribution in [0.4, 0.5) is 0 Å². The van der Waals surface area contributed by atoms with Crippen molar-refractivity contribution in [1.29, 1.82) is 0 Å². The van der Waals surface area contributed by atoms with Crippen molar-refractivity contribution < 1.29 is 37.9 Å². The molecule has 0 aromatic carbocycles. The molecule has 0 saturated heterocycles. The molecule has 10 heteroatoms. The molecule has 0 rings (SSSR count). The van der Waals surface area contributed by atoms with Gasteiger partial charge in [-0.1, -0.05) is 84.0 Å². The standard InChI is InChI=1S/C23H46NO8P/c1-3-4-5-6-7-8-9-10-11-12-13-14-15-16-23(27)24-17-18-31-33(28,29)32-20-22(26)19-30-21(2)25/h22,26H,3-20H2,1-2H3,(H,24,27)(H,28,29). The fraction of sp³-hybridized carbons (Fsp3) is 0.913. The molecule has 196 valence electrons. The van der Waals surface area contributed by atoms with Crippen molar-refractivity contribution in [2.45, 2.75) is 110 Å². The lowest BCUT2D eigenvalue weighted by Gasteiger charge is -2.15. The molecule has 0 aromatic heterocycles. The van der Waals surface area contributed by atoms with E-state index in [9.17, 15) is 24.2 Å². The largest absolute Gasteiger partial charge is 0.472 e. The van der Waals surface area contributed by atoms with Gasteiger partial charge in [0.25, 0.3) is 0 Å². The van der Waals surface area contributed by atoms with Crippen molar-refractivity contribution in [3.8, 4) is 0 Å². The Morgan fingerprint density at radius 3 is 1.88 bits per heavy atom. The van der Waals surface area contributed by atoms with Gasteiger partial charge in [-0.05, 0) is 6.42 Å². The summed E-state index contributed by atoms with van der Waals surface area (Å²) in [4.78, 5) is 32.0. The Labute approximate surface area is 199 Å². The van der Waals surface area contributed by atoms with Crippen LogP contribution in [0, 0.1) is 0 Å². The molecule has 2 unspecified atom stereocenters. The molecule has 0 aromatic rings. The van der Waals surface area contributed by atoms with Crippen molar-refractivity contribution in [3.63, 3.8) is 0 Å². The number of phosphoric ester groups is 1. The van der Waals surface area contributed by atoms with Crippen LogP contribution in [0.2, 0.25) is 0 Å². The Kier molecular flexibility index (Phi) is 20.9. The Balaban J connectivity index is 3.51. The summed E-state index contributed by atoms with van der Waals surface area (Å²) >= 11 is 0. The number of ether oxygens (including phenoxy) is 1. The highest BCUT2D eigenvalue weighted by atomic mass is 31.2. The van der Waals surface area contributed by atoms with Crippen molar-refractivity contribution in [2.24, 2.45) is 0 Å². The Bertz CT molecular complexity index is 547. The van der Waals surface area contributed by atoms with Crippen molar-refractivity contribution >= 4 is 19.7 Å². The predicted molar refractivity (Wildman–Crippen MR) is 128 cm³/mol. The summed E-state index contributed by atoms with van der Waals surface area (Å²) in [5, 5.41) is 12.1. The number of aliphatic hydroxyl groups is 1. The number of carbonyl (C=O) groups excluding carboxylic acids is 2. The lowest BCUT2D eigenvalue weighted by Crippen LogP contribution is -2.27. The SMILES string of the molecule is CCCCCCCCCCCCCCCC(=O)NCCOP(=O)(O)OCC(O)COC(C)=O. The zero-order chi connectivity index (χ0) is 24.8. The first-order valence-corrected chi connectivity index (χ1v) is 14.0. The highest BCUT2D eigenvalue weighted by molar-refractivity contribution is 7.47. The van der Waals surface area contributed by atoms with Gasteiger partial charge < -0.3 is 20.1 Å². The molecule has 0 saturated carbocycles. The smallest absolute Gasteiger partial charge is 0.463 e. The van der Waals surface area contributed by atoms with Crippen molar-refractivity contribution in [3.05, 3.63) is 0 Å². The average Bonchev–Trinajstić information content (AvgIpc) is 2.77. The lowest BCUT2D eigenvalue weighted by molar-refractivity contribution is -0.144. The van der Waals surface area contributed by atoms with E-state index in [1.165, 1.54) is 71.1 Å². The molecule has 33 heavy (non-hydrogen) atoms. The Hall–Kier alpha value is -0.990. The third-order valence-electron chi connectivity index (χ3n) is 5.10. The summed E-state index contributed by atoms with van der Waals surface area (Å²) in [7, 11) is -4.36. The van der Waals surface area contributed by atoms with Gasteiger partial charge >= 0.3 is 13.8 Å². The van der Waals surface area contributed by atoms with Crippen LogP contribution in [0.15, 0.2) is 0 Å². The molecule has 9 nitrogen and oxygen atoms in total. The van der Waals surface area contributed by atoms with E-state index < -0.39 is 26.5 Å². The number of amides is 1. The number of aliphatic hydroxyl groups excluding tert-OH is 1. The normalized spacial score (nSPS) is 13.9. The molecule has 0 spiro atoms. The van der Waals surface area contributed by atoms with Crippen LogP contribution in [-0.4, -0.2) is 54.3 Å². The Morgan fingerprint density at radius 1 is 0.848 bits per heavy atom. The number of hydrogen-bond donors (Lipinski definition) is 3. The first kappa shape index (κ1) is 32.0. The second kappa shape index (κ2) is 21.5. The van der Waals surface area contributed by atoms with E-state index in [1.54, 1.807) is 0 Å². The van der Waals surface area contributed by atoms with Gasteiger partial charge in [0.05, 0.1) is 13.2 Å². The number of rotatable bonds is 23. The molecule has 0 aliphatic heterocycles. The van der Waals surface area contributed by atoms with Crippen LogP contribution < -0.4 is 5.32 Å². The zero-order valence-corrected chi connectivity index (χ0v) is 21.5.